The van der Waals surface area contributed by atoms with E-state index in [2.05, 4.69) is 4.90 Å². The van der Waals surface area contributed by atoms with Crippen LogP contribution in [0.15, 0.2) is 48.5 Å². The van der Waals surface area contributed by atoms with Crippen LogP contribution in [-0.2, 0) is 16.6 Å². The van der Waals surface area contributed by atoms with Gasteiger partial charge in [0, 0.05) is 31.3 Å². The minimum absolute atomic E-state index is 0. The van der Waals surface area contributed by atoms with Gasteiger partial charge in [-0.05, 0) is 74.3 Å². The fourth-order valence-electron chi connectivity index (χ4n) is 7.86. The van der Waals surface area contributed by atoms with Crippen molar-refractivity contribution in [1.82, 2.24) is 9.80 Å². The Kier molecular flexibility index (Phi) is 5.86. The largest absolute Gasteiger partial charge is 0.504 e. The molecule has 3 aliphatic carbocycles. The Morgan fingerprint density at radius 1 is 1.16 bits per heavy atom. The fourth-order valence-corrected chi connectivity index (χ4v) is 7.86. The summed E-state index contributed by atoms with van der Waals surface area (Å²) in [5.74, 6) is 1.34. The number of hydrogen-bond donors (Lipinski definition) is 2. The molecule has 2 aromatic rings. The van der Waals surface area contributed by atoms with E-state index in [1.165, 1.54) is 18.4 Å². The first-order valence-corrected chi connectivity index (χ1v) is 13.4. The van der Waals surface area contributed by atoms with Gasteiger partial charge < -0.3 is 19.8 Å². The summed E-state index contributed by atoms with van der Waals surface area (Å²) < 4.78 is 6.60. The summed E-state index contributed by atoms with van der Waals surface area (Å²) in [5, 5.41) is 23.4. The molecule has 0 radical (unpaired) electrons. The van der Waals surface area contributed by atoms with Gasteiger partial charge in [-0.25, -0.2) is 0 Å². The van der Waals surface area contributed by atoms with Crippen LogP contribution < -0.4 is 4.74 Å². The smallest absolute Gasteiger partial charge is 0.246 e. The van der Waals surface area contributed by atoms with Crippen molar-refractivity contribution in [2.24, 2.45) is 5.92 Å². The number of benzene rings is 2. The number of phenolic OH excluding ortho intramolecular Hbond substituents is 1. The van der Waals surface area contributed by atoms with Crippen LogP contribution >= 0.6 is 12.4 Å². The molecular formula is C30H35ClN2O4. The molecule has 5 aliphatic rings. The Morgan fingerprint density at radius 2 is 1.95 bits per heavy atom. The molecule has 0 unspecified atom stereocenters. The van der Waals surface area contributed by atoms with Crippen LogP contribution in [0.1, 0.15) is 48.8 Å². The molecule has 1 spiro atoms. The van der Waals surface area contributed by atoms with Crippen molar-refractivity contribution in [3.05, 3.63) is 65.2 Å². The van der Waals surface area contributed by atoms with E-state index in [9.17, 15) is 15.0 Å². The third kappa shape index (κ3) is 3.49. The van der Waals surface area contributed by atoms with Crippen LogP contribution in [-0.4, -0.2) is 69.8 Å². The summed E-state index contributed by atoms with van der Waals surface area (Å²) in [7, 11) is 1.85. The van der Waals surface area contributed by atoms with Crippen molar-refractivity contribution in [2.75, 3.05) is 20.1 Å². The van der Waals surface area contributed by atoms with Crippen molar-refractivity contribution in [1.29, 1.82) is 0 Å². The fraction of sp³-hybridized carbons (Fsp3) is 0.500. The zero-order valence-corrected chi connectivity index (χ0v) is 22.0. The minimum atomic E-state index is -0.933. The first-order valence-electron chi connectivity index (χ1n) is 13.4. The zero-order chi connectivity index (χ0) is 24.7. The number of likely N-dealkylation sites (N-methyl/N-ethyl adjacent to an activating group) is 1. The number of hydrogen-bond acceptors (Lipinski definition) is 5. The number of aliphatic hydroxyl groups is 1. The van der Waals surface area contributed by atoms with Gasteiger partial charge in [0.1, 0.15) is 6.10 Å². The summed E-state index contributed by atoms with van der Waals surface area (Å²) in [6.45, 7) is 1.97. The highest BCUT2D eigenvalue weighted by molar-refractivity contribution is 5.92. The van der Waals surface area contributed by atoms with E-state index in [1.807, 2.05) is 49.5 Å². The van der Waals surface area contributed by atoms with Gasteiger partial charge in [-0.3, -0.25) is 9.69 Å². The zero-order valence-electron chi connectivity index (χ0n) is 21.2. The number of ether oxygens (including phenoxy) is 1. The van der Waals surface area contributed by atoms with E-state index >= 15 is 0 Å². The number of phenols is 1. The molecule has 6 nitrogen and oxygen atoms in total. The quantitative estimate of drug-likeness (QED) is 0.582. The molecule has 3 fully saturated rings. The minimum Gasteiger partial charge on any atom is -0.504 e. The average molecular weight is 523 g/mol. The molecule has 7 heteroatoms. The highest BCUT2D eigenvalue weighted by atomic mass is 35.5. The lowest BCUT2D eigenvalue weighted by Gasteiger charge is -2.64. The van der Waals surface area contributed by atoms with E-state index in [0.717, 1.165) is 43.0 Å². The maximum atomic E-state index is 13.3. The molecule has 2 aromatic carbocycles. The second kappa shape index (κ2) is 8.75. The number of aromatic hydroxyl groups is 1. The summed E-state index contributed by atoms with van der Waals surface area (Å²) in [4.78, 5) is 17.6. The van der Waals surface area contributed by atoms with Crippen molar-refractivity contribution < 1.29 is 19.7 Å². The Labute approximate surface area is 224 Å². The highest BCUT2D eigenvalue weighted by Crippen LogP contribution is 2.66. The Bertz CT molecular complexity index is 1250. The summed E-state index contributed by atoms with van der Waals surface area (Å²) in [6.07, 6.45) is 8.51. The standard InChI is InChI=1S/C30H34N2O4.ClH/c1-31(25(34)12-9-19-5-3-2-4-6-19)22-13-14-30(35)24-17-21-10-11-23(33)27-26(21)29(30,28(22)36-27)15-16-32(24)18-20-7-8-20;/h2-6,9-12,20,22,24,28,33,35H,7-8,13-18H2,1H3;1H/t22-,24+,28-,29-,30+;/m0./s1. The topological polar surface area (TPSA) is 73.2 Å². The van der Waals surface area contributed by atoms with E-state index in [4.69, 9.17) is 4.74 Å². The van der Waals surface area contributed by atoms with Crippen molar-refractivity contribution >= 4 is 24.4 Å². The molecule has 2 heterocycles. The predicted octanol–water partition coefficient (Wildman–Crippen LogP) is 3.92. The number of amides is 1. The molecule has 2 saturated carbocycles. The van der Waals surface area contributed by atoms with Crippen LogP contribution in [0.2, 0.25) is 0 Å². The van der Waals surface area contributed by atoms with Gasteiger partial charge in [-0.1, -0.05) is 36.4 Å². The van der Waals surface area contributed by atoms with Crippen LogP contribution in [0.25, 0.3) is 6.08 Å². The average Bonchev–Trinajstić information content (AvgIpc) is 3.63. The molecule has 1 saturated heterocycles. The first-order chi connectivity index (χ1) is 17.4. The molecule has 5 atom stereocenters. The summed E-state index contributed by atoms with van der Waals surface area (Å²) in [6, 6.07) is 13.4. The lowest BCUT2D eigenvalue weighted by atomic mass is 9.48. The van der Waals surface area contributed by atoms with Crippen LogP contribution in [0.5, 0.6) is 11.5 Å². The second-order valence-electron chi connectivity index (χ2n) is 11.6. The number of carbonyl (C=O) groups excluding carboxylic acids is 1. The normalized spacial score (nSPS) is 33.4. The number of likely N-dealkylation sites (tertiary alicyclic amines) is 1. The van der Waals surface area contributed by atoms with Gasteiger partial charge >= 0.3 is 0 Å². The predicted molar refractivity (Wildman–Crippen MR) is 144 cm³/mol. The molecule has 0 aromatic heterocycles. The molecule has 7 rings (SSSR count). The van der Waals surface area contributed by atoms with Crippen LogP contribution in [0.3, 0.4) is 0 Å². The molecule has 1 amide bonds. The summed E-state index contributed by atoms with van der Waals surface area (Å²) in [5.41, 5.74) is 1.62. The molecule has 2 aliphatic heterocycles. The van der Waals surface area contributed by atoms with E-state index in [1.54, 1.807) is 17.0 Å². The van der Waals surface area contributed by atoms with Crippen LogP contribution in [0, 0.1) is 5.92 Å². The number of nitrogens with zero attached hydrogens (tertiary/aromatic N) is 2. The lowest BCUT2D eigenvalue weighted by molar-refractivity contribution is -0.200. The maximum Gasteiger partial charge on any atom is 0.246 e. The van der Waals surface area contributed by atoms with E-state index in [0.29, 0.717) is 18.6 Å². The van der Waals surface area contributed by atoms with Gasteiger partial charge in [0.25, 0.3) is 0 Å². The van der Waals surface area contributed by atoms with E-state index in [-0.39, 0.29) is 42.3 Å². The Hall–Kier alpha value is -2.54. The van der Waals surface area contributed by atoms with Gasteiger partial charge in [-0.2, -0.15) is 0 Å². The summed E-state index contributed by atoms with van der Waals surface area (Å²) >= 11 is 0. The Balaban J connectivity index is 0.00000252. The molecule has 196 valence electrons. The number of piperidine rings is 1. The molecule has 37 heavy (non-hydrogen) atoms. The number of rotatable bonds is 5. The maximum absolute atomic E-state index is 13.3. The van der Waals surface area contributed by atoms with Crippen LogP contribution in [0.4, 0.5) is 0 Å². The number of halogens is 1. The van der Waals surface area contributed by atoms with Gasteiger partial charge in [0.15, 0.2) is 11.5 Å². The molecule has 2 bridgehead atoms. The Morgan fingerprint density at radius 3 is 2.70 bits per heavy atom. The van der Waals surface area contributed by atoms with E-state index < -0.39 is 11.0 Å². The highest BCUT2D eigenvalue weighted by Gasteiger charge is 2.73. The third-order valence-electron chi connectivity index (χ3n) is 9.79. The molecule has 2 N–H and O–H groups in total. The van der Waals surface area contributed by atoms with Gasteiger partial charge in [0.2, 0.25) is 5.91 Å². The van der Waals surface area contributed by atoms with Gasteiger partial charge in [-0.15, -0.1) is 12.4 Å². The third-order valence-corrected chi connectivity index (χ3v) is 9.79. The molecular weight excluding hydrogens is 488 g/mol. The van der Waals surface area contributed by atoms with Crippen molar-refractivity contribution in [3.63, 3.8) is 0 Å². The van der Waals surface area contributed by atoms with Crippen molar-refractivity contribution in [2.45, 2.75) is 67.7 Å². The van der Waals surface area contributed by atoms with Crippen molar-refractivity contribution in [3.8, 4) is 11.5 Å². The van der Waals surface area contributed by atoms with Gasteiger partial charge in [0.05, 0.1) is 17.1 Å². The monoisotopic (exact) mass is 522 g/mol. The number of carbonyl (C=O) groups is 1. The lowest BCUT2D eigenvalue weighted by Crippen LogP contribution is -2.78. The first kappa shape index (κ1) is 24.8. The second-order valence-corrected chi connectivity index (χ2v) is 11.6. The SMILES string of the molecule is CN(C(=O)C=Cc1ccccc1)[C@H]1CC[C@@]2(O)[C@H]3Cc4ccc(O)c5c4[C@@]2(CCN3CC2CC2)[C@H]1O5.Cl.